The zero-order chi connectivity index (χ0) is 18.8. The SMILES string of the molecule is CCOC(O)c1nn(C(C)C)c(O)c1/N=N/c1cc(C(C)(C)C)on1. The van der Waals surface area contributed by atoms with Crippen LogP contribution in [0.15, 0.2) is 20.8 Å². The van der Waals surface area contributed by atoms with Crippen LogP contribution in [0.25, 0.3) is 0 Å². The summed E-state index contributed by atoms with van der Waals surface area (Å²) in [5, 5.41) is 36.4. The van der Waals surface area contributed by atoms with E-state index in [9.17, 15) is 10.2 Å². The number of hydrogen-bond acceptors (Lipinski definition) is 8. The van der Waals surface area contributed by atoms with Gasteiger partial charge in [0.25, 0.3) is 0 Å². The van der Waals surface area contributed by atoms with E-state index in [2.05, 4.69) is 20.5 Å². The van der Waals surface area contributed by atoms with Gasteiger partial charge in [0.1, 0.15) is 11.5 Å². The molecular formula is C16H25N5O4. The molecule has 0 aliphatic heterocycles. The number of ether oxygens (including phenoxy) is 1. The van der Waals surface area contributed by atoms with Crippen LogP contribution in [0, 0.1) is 0 Å². The molecule has 2 N–H and O–H groups in total. The molecule has 1 unspecified atom stereocenters. The number of aromatic hydroxyl groups is 1. The largest absolute Gasteiger partial charge is 0.492 e. The summed E-state index contributed by atoms with van der Waals surface area (Å²) in [4.78, 5) is 0. The molecule has 9 nitrogen and oxygen atoms in total. The molecule has 0 aliphatic carbocycles. The van der Waals surface area contributed by atoms with Crippen LogP contribution in [0.3, 0.4) is 0 Å². The third-order valence-electron chi connectivity index (χ3n) is 3.42. The number of nitrogens with zero attached hydrogens (tertiary/aromatic N) is 5. The second-order valence-electron chi connectivity index (χ2n) is 6.90. The van der Waals surface area contributed by atoms with Gasteiger partial charge in [-0.15, -0.1) is 10.2 Å². The van der Waals surface area contributed by atoms with Crippen LogP contribution < -0.4 is 0 Å². The highest BCUT2D eigenvalue weighted by Crippen LogP contribution is 2.37. The second kappa shape index (κ2) is 7.32. The van der Waals surface area contributed by atoms with Gasteiger partial charge in [-0.3, -0.25) is 0 Å². The minimum atomic E-state index is -1.31. The van der Waals surface area contributed by atoms with Gasteiger partial charge in [-0.25, -0.2) is 4.68 Å². The molecule has 2 aromatic rings. The first-order valence-electron chi connectivity index (χ1n) is 8.15. The van der Waals surface area contributed by atoms with Gasteiger partial charge >= 0.3 is 0 Å². The van der Waals surface area contributed by atoms with Crippen molar-refractivity contribution in [3.05, 3.63) is 17.5 Å². The van der Waals surface area contributed by atoms with E-state index in [1.165, 1.54) is 4.68 Å². The number of rotatable bonds is 6. The Labute approximate surface area is 146 Å². The van der Waals surface area contributed by atoms with Gasteiger partial charge in [0.05, 0.1) is 6.04 Å². The lowest BCUT2D eigenvalue weighted by molar-refractivity contribution is -0.101. The minimum Gasteiger partial charge on any atom is -0.492 e. The van der Waals surface area contributed by atoms with Crippen molar-refractivity contribution in [1.82, 2.24) is 14.9 Å². The molecule has 1 atom stereocenters. The van der Waals surface area contributed by atoms with Crippen molar-refractivity contribution in [2.75, 3.05) is 6.61 Å². The third-order valence-corrected chi connectivity index (χ3v) is 3.42. The first-order valence-corrected chi connectivity index (χ1v) is 8.15. The van der Waals surface area contributed by atoms with E-state index in [0.717, 1.165) is 0 Å². The Kier molecular flexibility index (Phi) is 5.58. The van der Waals surface area contributed by atoms with E-state index in [4.69, 9.17) is 9.26 Å². The summed E-state index contributed by atoms with van der Waals surface area (Å²) in [5.41, 5.74) is -0.0758. The molecule has 0 saturated carbocycles. The van der Waals surface area contributed by atoms with Crippen molar-refractivity contribution in [2.24, 2.45) is 10.2 Å². The summed E-state index contributed by atoms with van der Waals surface area (Å²) in [7, 11) is 0. The van der Waals surface area contributed by atoms with E-state index in [-0.39, 0.29) is 41.1 Å². The first-order chi connectivity index (χ1) is 11.6. The van der Waals surface area contributed by atoms with Gasteiger partial charge in [-0.2, -0.15) is 5.10 Å². The molecule has 0 saturated heterocycles. The van der Waals surface area contributed by atoms with Crippen LogP contribution in [-0.2, 0) is 10.2 Å². The normalized spacial score (nSPS) is 13.9. The highest BCUT2D eigenvalue weighted by Gasteiger charge is 2.25. The number of aromatic nitrogens is 3. The van der Waals surface area contributed by atoms with Crippen molar-refractivity contribution in [3.63, 3.8) is 0 Å². The fourth-order valence-electron chi connectivity index (χ4n) is 2.06. The van der Waals surface area contributed by atoms with Crippen LogP contribution in [0.1, 0.15) is 65.3 Å². The van der Waals surface area contributed by atoms with Crippen LogP contribution in [0.2, 0.25) is 0 Å². The molecule has 138 valence electrons. The topological polar surface area (TPSA) is 118 Å². The second-order valence-corrected chi connectivity index (χ2v) is 6.90. The number of aliphatic hydroxyl groups excluding tert-OH is 1. The summed E-state index contributed by atoms with van der Waals surface area (Å²) < 4.78 is 11.7. The van der Waals surface area contributed by atoms with Gasteiger partial charge in [0.2, 0.25) is 18.0 Å². The Morgan fingerprint density at radius 2 is 2.00 bits per heavy atom. The van der Waals surface area contributed by atoms with Crippen molar-refractivity contribution < 1.29 is 19.5 Å². The Balaban J connectivity index is 2.38. The molecule has 0 bridgehead atoms. The molecule has 0 fully saturated rings. The Bertz CT molecular complexity index is 742. The van der Waals surface area contributed by atoms with E-state index >= 15 is 0 Å². The number of hydrogen-bond donors (Lipinski definition) is 2. The van der Waals surface area contributed by atoms with E-state index in [1.807, 2.05) is 34.6 Å². The quantitative estimate of drug-likeness (QED) is 0.602. The monoisotopic (exact) mass is 351 g/mol. The fraction of sp³-hybridized carbons (Fsp3) is 0.625. The third kappa shape index (κ3) is 4.23. The van der Waals surface area contributed by atoms with Gasteiger partial charge in [0.15, 0.2) is 5.69 Å². The van der Waals surface area contributed by atoms with Crippen LogP contribution >= 0.6 is 0 Å². The van der Waals surface area contributed by atoms with Gasteiger partial charge in [0, 0.05) is 18.1 Å². The number of aliphatic hydroxyl groups is 1. The van der Waals surface area contributed by atoms with Gasteiger partial charge < -0.3 is 19.5 Å². The van der Waals surface area contributed by atoms with Crippen LogP contribution in [0.5, 0.6) is 5.88 Å². The zero-order valence-electron chi connectivity index (χ0n) is 15.4. The maximum Gasteiger partial charge on any atom is 0.238 e. The lowest BCUT2D eigenvalue weighted by Crippen LogP contribution is -2.08. The van der Waals surface area contributed by atoms with Crippen molar-refractivity contribution in [3.8, 4) is 5.88 Å². The first kappa shape index (κ1) is 19.1. The fourth-order valence-corrected chi connectivity index (χ4v) is 2.06. The van der Waals surface area contributed by atoms with E-state index in [1.54, 1.807) is 13.0 Å². The summed E-state index contributed by atoms with van der Waals surface area (Å²) in [6.45, 7) is 11.7. The molecule has 0 aliphatic rings. The molecule has 0 radical (unpaired) electrons. The molecule has 0 amide bonds. The van der Waals surface area contributed by atoms with Crippen LogP contribution in [-0.4, -0.2) is 31.8 Å². The molecule has 2 heterocycles. The molecule has 0 spiro atoms. The summed E-state index contributed by atoms with van der Waals surface area (Å²) in [5.74, 6) is 0.726. The lowest BCUT2D eigenvalue weighted by atomic mass is 9.93. The molecule has 2 rings (SSSR count). The minimum absolute atomic E-state index is 0.0370. The molecule has 2 aromatic heterocycles. The van der Waals surface area contributed by atoms with Gasteiger partial charge in [-0.1, -0.05) is 25.9 Å². The molecule has 25 heavy (non-hydrogen) atoms. The van der Waals surface area contributed by atoms with Crippen molar-refractivity contribution in [2.45, 2.75) is 59.3 Å². The maximum absolute atomic E-state index is 10.3. The predicted octanol–water partition coefficient (Wildman–Crippen LogP) is 3.90. The van der Waals surface area contributed by atoms with E-state index < -0.39 is 6.29 Å². The average molecular weight is 351 g/mol. The highest BCUT2D eigenvalue weighted by molar-refractivity contribution is 5.52. The summed E-state index contributed by atoms with van der Waals surface area (Å²) in [6, 6.07) is 1.54. The Morgan fingerprint density at radius 1 is 1.32 bits per heavy atom. The average Bonchev–Trinajstić information content (AvgIpc) is 3.10. The van der Waals surface area contributed by atoms with Crippen molar-refractivity contribution >= 4 is 11.5 Å². The molecule has 0 aromatic carbocycles. The number of azo groups is 1. The maximum atomic E-state index is 10.3. The summed E-state index contributed by atoms with van der Waals surface area (Å²) >= 11 is 0. The Hall–Kier alpha value is -2.26. The standard InChI is InChI=1S/C16H25N5O4/c1-7-24-15(23)13-12(14(22)21(19-13)9(2)3)18-17-11-8-10(25-20-11)16(4,5)6/h8-9,15,22-23H,7H2,1-6H3/b18-17+. The van der Waals surface area contributed by atoms with Crippen LogP contribution in [0.4, 0.5) is 11.5 Å². The summed E-state index contributed by atoms with van der Waals surface area (Å²) in [6.07, 6.45) is -1.31. The lowest BCUT2D eigenvalue weighted by Gasteiger charge is -2.11. The smallest absolute Gasteiger partial charge is 0.238 e. The van der Waals surface area contributed by atoms with Gasteiger partial charge in [-0.05, 0) is 20.8 Å². The Morgan fingerprint density at radius 3 is 2.52 bits per heavy atom. The van der Waals surface area contributed by atoms with Crippen molar-refractivity contribution in [1.29, 1.82) is 0 Å². The molecular weight excluding hydrogens is 326 g/mol. The van der Waals surface area contributed by atoms with E-state index in [0.29, 0.717) is 5.76 Å². The molecule has 9 heteroatoms. The predicted molar refractivity (Wildman–Crippen MR) is 90.2 cm³/mol. The highest BCUT2D eigenvalue weighted by atomic mass is 16.6. The zero-order valence-corrected chi connectivity index (χ0v) is 15.4.